The molecule has 0 aliphatic carbocycles. The third-order valence-corrected chi connectivity index (χ3v) is 3.27. The van der Waals surface area contributed by atoms with E-state index in [0.717, 1.165) is 30.0 Å². The third-order valence-electron chi connectivity index (χ3n) is 2.40. The molecule has 0 fully saturated rings. The van der Waals surface area contributed by atoms with Crippen LogP contribution >= 0.6 is 11.3 Å². The van der Waals surface area contributed by atoms with E-state index in [1.807, 2.05) is 23.1 Å². The van der Waals surface area contributed by atoms with Crippen molar-refractivity contribution >= 4 is 11.3 Å². The Kier molecular flexibility index (Phi) is 4.28. The number of aryl methyl sites for hydroxylation is 1. The molecule has 0 aliphatic heterocycles. The minimum absolute atomic E-state index is 0.127. The van der Waals surface area contributed by atoms with Crippen molar-refractivity contribution < 1.29 is 4.39 Å². The SMILES string of the molecule is CCCn1cc(CNCc2ccc(F)s2)cn1. The van der Waals surface area contributed by atoms with Crippen LogP contribution in [0.25, 0.3) is 0 Å². The van der Waals surface area contributed by atoms with Gasteiger partial charge in [0.15, 0.2) is 5.13 Å². The van der Waals surface area contributed by atoms with Crippen LogP contribution in [0.2, 0.25) is 0 Å². The number of hydrogen-bond donors (Lipinski definition) is 1. The van der Waals surface area contributed by atoms with Crippen LogP contribution in [0.5, 0.6) is 0 Å². The second kappa shape index (κ2) is 5.93. The molecule has 5 heteroatoms. The smallest absolute Gasteiger partial charge is 0.176 e. The Balaban J connectivity index is 1.77. The molecule has 0 amide bonds. The second-order valence-corrected chi connectivity index (χ2v) is 5.04. The van der Waals surface area contributed by atoms with E-state index >= 15 is 0 Å². The number of hydrogen-bond acceptors (Lipinski definition) is 3. The van der Waals surface area contributed by atoms with Crippen molar-refractivity contribution in [3.05, 3.63) is 40.1 Å². The van der Waals surface area contributed by atoms with Gasteiger partial charge in [0.2, 0.25) is 0 Å². The van der Waals surface area contributed by atoms with Crippen LogP contribution in [0.4, 0.5) is 4.39 Å². The number of rotatable bonds is 6. The first kappa shape index (κ1) is 12.3. The van der Waals surface area contributed by atoms with Crippen LogP contribution < -0.4 is 5.32 Å². The zero-order valence-corrected chi connectivity index (χ0v) is 10.6. The van der Waals surface area contributed by atoms with Crippen LogP contribution in [-0.4, -0.2) is 9.78 Å². The van der Waals surface area contributed by atoms with Gasteiger partial charge in [0.05, 0.1) is 6.20 Å². The Labute approximate surface area is 104 Å². The van der Waals surface area contributed by atoms with Gasteiger partial charge in [0, 0.05) is 36.3 Å². The minimum Gasteiger partial charge on any atom is -0.308 e. The van der Waals surface area contributed by atoms with Gasteiger partial charge in [-0.15, -0.1) is 11.3 Å². The largest absolute Gasteiger partial charge is 0.308 e. The molecule has 1 N–H and O–H groups in total. The molecule has 2 heterocycles. The lowest BCUT2D eigenvalue weighted by Crippen LogP contribution is -2.11. The molecular weight excluding hydrogens is 237 g/mol. The van der Waals surface area contributed by atoms with E-state index in [1.165, 1.54) is 17.4 Å². The predicted molar refractivity (Wildman–Crippen MR) is 67.3 cm³/mol. The van der Waals surface area contributed by atoms with E-state index in [1.54, 1.807) is 0 Å². The maximum atomic E-state index is 12.7. The van der Waals surface area contributed by atoms with E-state index in [-0.39, 0.29) is 5.13 Å². The summed E-state index contributed by atoms with van der Waals surface area (Å²) < 4.78 is 14.7. The molecule has 3 nitrogen and oxygen atoms in total. The summed E-state index contributed by atoms with van der Waals surface area (Å²) in [6.07, 6.45) is 5.01. The molecule has 0 atom stereocenters. The molecule has 2 aromatic rings. The highest BCUT2D eigenvalue weighted by Gasteiger charge is 2.00. The summed E-state index contributed by atoms with van der Waals surface area (Å²) in [5, 5.41) is 7.40. The highest BCUT2D eigenvalue weighted by atomic mass is 32.1. The van der Waals surface area contributed by atoms with Gasteiger partial charge in [-0.05, 0) is 18.6 Å². The van der Waals surface area contributed by atoms with Crippen molar-refractivity contribution in [1.82, 2.24) is 15.1 Å². The van der Waals surface area contributed by atoms with Gasteiger partial charge < -0.3 is 5.32 Å². The van der Waals surface area contributed by atoms with Gasteiger partial charge in [-0.1, -0.05) is 6.92 Å². The molecule has 0 saturated heterocycles. The van der Waals surface area contributed by atoms with Crippen molar-refractivity contribution in [3.63, 3.8) is 0 Å². The molecule has 0 radical (unpaired) electrons. The third kappa shape index (κ3) is 3.64. The fourth-order valence-electron chi connectivity index (χ4n) is 1.63. The van der Waals surface area contributed by atoms with E-state index in [2.05, 4.69) is 17.3 Å². The Morgan fingerprint density at radius 2 is 2.29 bits per heavy atom. The number of halogens is 1. The van der Waals surface area contributed by atoms with Crippen molar-refractivity contribution in [2.45, 2.75) is 33.0 Å². The van der Waals surface area contributed by atoms with Gasteiger partial charge >= 0.3 is 0 Å². The van der Waals surface area contributed by atoms with Gasteiger partial charge in [-0.3, -0.25) is 4.68 Å². The van der Waals surface area contributed by atoms with Crippen LogP contribution in [0.15, 0.2) is 24.5 Å². The van der Waals surface area contributed by atoms with Gasteiger partial charge in [-0.25, -0.2) is 0 Å². The monoisotopic (exact) mass is 253 g/mol. The molecule has 0 bridgehead atoms. The molecule has 17 heavy (non-hydrogen) atoms. The fraction of sp³-hybridized carbons (Fsp3) is 0.417. The van der Waals surface area contributed by atoms with E-state index in [9.17, 15) is 4.39 Å². The number of nitrogens with one attached hydrogen (secondary N) is 1. The summed E-state index contributed by atoms with van der Waals surface area (Å²) >= 11 is 1.19. The standard InChI is InChI=1S/C12H16FN3S/c1-2-5-16-9-10(7-15-16)6-14-8-11-3-4-12(13)17-11/h3-4,7,9,14H,2,5-6,8H2,1H3. The zero-order chi connectivity index (χ0) is 12.1. The van der Waals surface area contributed by atoms with Gasteiger partial charge in [0.25, 0.3) is 0 Å². The lowest BCUT2D eigenvalue weighted by Gasteiger charge is -2.00. The lowest BCUT2D eigenvalue weighted by atomic mass is 10.3. The summed E-state index contributed by atoms with van der Waals surface area (Å²) in [6, 6.07) is 3.31. The maximum absolute atomic E-state index is 12.7. The first-order valence-electron chi connectivity index (χ1n) is 5.74. The van der Waals surface area contributed by atoms with Crippen LogP contribution in [0.3, 0.4) is 0 Å². The van der Waals surface area contributed by atoms with Crippen molar-refractivity contribution in [2.24, 2.45) is 0 Å². The minimum atomic E-state index is -0.127. The van der Waals surface area contributed by atoms with Crippen molar-refractivity contribution in [3.8, 4) is 0 Å². The predicted octanol–water partition coefficient (Wildman–Crippen LogP) is 2.78. The Bertz CT molecular complexity index is 464. The Morgan fingerprint density at radius 3 is 3.00 bits per heavy atom. The molecule has 0 saturated carbocycles. The molecule has 0 aliphatic rings. The van der Waals surface area contributed by atoms with Crippen molar-refractivity contribution in [1.29, 1.82) is 0 Å². The molecule has 0 spiro atoms. The fourth-order valence-corrected chi connectivity index (χ4v) is 2.32. The molecule has 2 aromatic heterocycles. The molecule has 92 valence electrons. The number of aromatic nitrogens is 2. The summed E-state index contributed by atoms with van der Waals surface area (Å²) in [6.45, 7) is 4.55. The van der Waals surface area contributed by atoms with Gasteiger partial charge in [-0.2, -0.15) is 9.49 Å². The molecule has 0 unspecified atom stereocenters. The number of thiophene rings is 1. The summed E-state index contributed by atoms with van der Waals surface area (Å²) in [5.74, 6) is 0. The maximum Gasteiger partial charge on any atom is 0.176 e. The van der Waals surface area contributed by atoms with E-state index in [0.29, 0.717) is 6.54 Å². The van der Waals surface area contributed by atoms with E-state index in [4.69, 9.17) is 0 Å². The van der Waals surface area contributed by atoms with Crippen LogP contribution in [-0.2, 0) is 19.6 Å². The van der Waals surface area contributed by atoms with Crippen LogP contribution in [0.1, 0.15) is 23.8 Å². The Hall–Kier alpha value is -1.20. The number of nitrogens with zero attached hydrogens (tertiary/aromatic N) is 2. The summed E-state index contributed by atoms with van der Waals surface area (Å²) in [5.41, 5.74) is 1.16. The first-order chi connectivity index (χ1) is 8.28. The summed E-state index contributed by atoms with van der Waals surface area (Å²) in [7, 11) is 0. The quantitative estimate of drug-likeness (QED) is 0.858. The van der Waals surface area contributed by atoms with Crippen molar-refractivity contribution in [2.75, 3.05) is 0 Å². The topological polar surface area (TPSA) is 29.9 Å². The average Bonchev–Trinajstić information content (AvgIpc) is 2.89. The lowest BCUT2D eigenvalue weighted by molar-refractivity contribution is 0.601. The van der Waals surface area contributed by atoms with Crippen LogP contribution in [0, 0.1) is 5.13 Å². The normalized spacial score (nSPS) is 10.9. The summed E-state index contributed by atoms with van der Waals surface area (Å²) in [4.78, 5) is 1.02. The first-order valence-corrected chi connectivity index (χ1v) is 6.56. The van der Waals surface area contributed by atoms with E-state index < -0.39 is 0 Å². The highest BCUT2D eigenvalue weighted by molar-refractivity contribution is 7.10. The molecular formula is C12H16FN3S. The molecule has 2 rings (SSSR count). The zero-order valence-electron chi connectivity index (χ0n) is 9.82. The average molecular weight is 253 g/mol. The second-order valence-electron chi connectivity index (χ2n) is 3.92. The van der Waals surface area contributed by atoms with Gasteiger partial charge in [0.1, 0.15) is 0 Å². The Morgan fingerprint density at radius 1 is 1.41 bits per heavy atom. The molecule has 0 aromatic carbocycles. The highest BCUT2D eigenvalue weighted by Crippen LogP contribution is 2.13.